The fourth-order valence-corrected chi connectivity index (χ4v) is 2.91. The molecule has 0 saturated carbocycles. The Balaban J connectivity index is 1.93. The van der Waals surface area contributed by atoms with E-state index in [-0.39, 0.29) is 18.7 Å². The average Bonchev–Trinajstić information content (AvgIpc) is 2.55. The summed E-state index contributed by atoms with van der Waals surface area (Å²) in [5.74, 6) is 2.30. The maximum Gasteiger partial charge on any atom is 0.302 e. The second-order valence-electron chi connectivity index (χ2n) is 5.35. The Bertz CT molecular complexity index is 619. The third kappa shape index (κ3) is 6.26. The molecule has 0 spiro atoms. The van der Waals surface area contributed by atoms with E-state index in [1.54, 1.807) is 0 Å². The van der Waals surface area contributed by atoms with Crippen molar-refractivity contribution in [2.75, 3.05) is 6.61 Å². The number of carbonyl (C=O) groups is 2. The molecule has 24 heavy (non-hydrogen) atoms. The molecule has 1 fully saturated rings. The Morgan fingerprint density at radius 1 is 1.21 bits per heavy atom. The fraction of sp³-hybridized carbons (Fsp3) is 0.444. The van der Waals surface area contributed by atoms with Crippen LogP contribution in [0.4, 0.5) is 0 Å². The van der Waals surface area contributed by atoms with Gasteiger partial charge in [0, 0.05) is 18.7 Å². The normalized spacial score (nSPS) is 22.8. The minimum atomic E-state index is -0.493. The molecule has 1 saturated heterocycles. The molecule has 3 atom stereocenters. The molecule has 1 heterocycles. The molecule has 1 aliphatic heterocycles. The van der Waals surface area contributed by atoms with Crippen LogP contribution in [0.25, 0.3) is 0 Å². The smallest absolute Gasteiger partial charge is 0.302 e. The predicted molar refractivity (Wildman–Crippen MR) is 90.2 cm³/mol. The lowest BCUT2D eigenvalue weighted by atomic mass is 10.0. The molecule has 0 N–H and O–H groups in total. The van der Waals surface area contributed by atoms with Crippen molar-refractivity contribution in [1.82, 2.24) is 0 Å². The lowest BCUT2D eigenvalue weighted by Gasteiger charge is -2.33. The van der Waals surface area contributed by atoms with Gasteiger partial charge in [0.15, 0.2) is 0 Å². The van der Waals surface area contributed by atoms with E-state index in [4.69, 9.17) is 14.2 Å². The number of hydrogen-bond donors (Lipinski definition) is 0. The summed E-state index contributed by atoms with van der Waals surface area (Å²) in [5, 5.41) is 3.04. The molecule has 0 radical (unpaired) electrons. The second kappa shape index (κ2) is 9.36. The Hall–Kier alpha value is -1.97. The molecule has 0 aliphatic carbocycles. The van der Waals surface area contributed by atoms with E-state index < -0.39 is 18.2 Å². The molecule has 0 bridgehead atoms. The quantitative estimate of drug-likeness (QED) is 0.474. The van der Waals surface area contributed by atoms with E-state index in [9.17, 15) is 9.59 Å². The van der Waals surface area contributed by atoms with Gasteiger partial charge in [0.2, 0.25) is 0 Å². The summed E-state index contributed by atoms with van der Waals surface area (Å²) in [6.07, 6.45) is 0.111. The van der Waals surface area contributed by atoms with E-state index in [2.05, 4.69) is 11.2 Å². The number of esters is 2. The highest BCUT2D eigenvalue weighted by molar-refractivity contribution is 8.03. The molecular weight excluding hydrogens is 328 g/mol. The maximum absolute atomic E-state index is 11.2. The minimum absolute atomic E-state index is 0.0529. The summed E-state index contributed by atoms with van der Waals surface area (Å²) in [6, 6.07) is 9.85. The molecule has 0 aromatic heterocycles. The van der Waals surface area contributed by atoms with Gasteiger partial charge in [0.05, 0.1) is 0 Å². The van der Waals surface area contributed by atoms with Crippen molar-refractivity contribution in [3.8, 4) is 11.2 Å². The number of carbonyl (C=O) groups excluding carboxylic acids is 2. The van der Waals surface area contributed by atoms with Crippen LogP contribution in [0.2, 0.25) is 0 Å². The van der Waals surface area contributed by atoms with Crippen molar-refractivity contribution in [2.24, 2.45) is 0 Å². The summed E-state index contributed by atoms with van der Waals surface area (Å²) >= 11 is 1.43. The topological polar surface area (TPSA) is 61.8 Å². The van der Waals surface area contributed by atoms with Crippen LogP contribution in [0.1, 0.15) is 26.7 Å². The van der Waals surface area contributed by atoms with Crippen LogP contribution in [0.15, 0.2) is 35.2 Å². The third-order valence-electron chi connectivity index (χ3n) is 3.37. The first-order valence-corrected chi connectivity index (χ1v) is 8.54. The zero-order valence-corrected chi connectivity index (χ0v) is 14.5. The van der Waals surface area contributed by atoms with Crippen LogP contribution < -0.4 is 0 Å². The van der Waals surface area contributed by atoms with Gasteiger partial charge in [-0.15, -0.1) is 0 Å². The molecule has 5 nitrogen and oxygen atoms in total. The monoisotopic (exact) mass is 348 g/mol. The molecule has 2 rings (SSSR count). The lowest BCUT2D eigenvalue weighted by molar-refractivity contribution is -0.175. The highest BCUT2D eigenvalue weighted by Gasteiger charge is 2.33. The van der Waals surface area contributed by atoms with Gasteiger partial charge in [-0.25, -0.2) is 0 Å². The van der Waals surface area contributed by atoms with Crippen molar-refractivity contribution in [1.29, 1.82) is 0 Å². The van der Waals surface area contributed by atoms with Gasteiger partial charge in [-0.1, -0.05) is 24.1 Å². The van der Waals surface area contributed by atoms with Crippen LogP contribution in [-0.4, -0.2) is 36.9 Å². The molecule has 0 amide bonds. The Kier molecular flexibility index (Phi) is 7.16. The number of benzene rings is 1. The van der Waals surface area contributed by atoms with E-state index in [1.165, 1.54) is 25.6 Å². The van der Waals surface area contributed by atoms with Crippen LogP contribution in [0.5, 0.6) is 0 Å². The minimum Gasteiger partial charge on any atom is -0.463 e. The van der Waals surface area contributed by atoms with Crippen LogP contribution >= 0.6 is 11.8 Å². The molecule has 6 heteroatoms. The van der Waals surface area contributed by atoms with Crippen molar-refractivity contribution in [2.45, 2.75) is 49.9 Å². The van der Waals surface area contributed by atoms with E-state index >= 15 is 0 Å². The van der Waals surface area contributed by atoms with Crippen molar-refractivity contribution in [3.63, 3.8) is 0 Å². The number of thioether (sulfide) groups is 1. The lowest BCUT2D eigenvalue weighted by Crippen LogP contribution is -2.43. The van der Waals surface area contributed by atoms with Crippen molar-refractivity contribution in [3.05, 3.63) is 30.3 Å². The average molecular weight is 348 g/mol. The van der Waals surface area contributed by atoms with Crippen LogP contribution in [0, 0.1) is 11.2 Å². The Labute approximate surface area is 146 Å². The SMILES string of the molecule is CC(=O)OC[C@H]1O[C@H](C#CSc2ccccc2)CC[C@@H]1OC(C)=O. The zero-order chi connectivity index (χ0) is 17.4. The van der Waals surface area contributed by atoms with Crippen LogP contribution in [0.3, 0.4) is 0 Å². The van der Waals surface area contributed by atoms with Gasteiger partial charge in [0.1, 0.15) is 24.9 Å². The first kappa shape index (κ1) is 18.4. The largest absolute Gasteiger partial charge is 0.463 e. The predicted octanol–water partition coefficient (Wildman–Crippen LogP) is 2.78. The number of rotatable bonds is 4. The Morgan fingerprint density at radius 2 is 1.96 bits per heavy atom. The maximum atomic E-state index is 11.2. The zero-order valence-electron chi connectivity index (χ0n) is 13.7. The second-order valence-corrected chi connectivity index (χ2v) is 6.23. The van der Waals surface area contributed by atoms with Gasteiger partial charge >= 0.3 is 11.9 Å². The van der Waals surface area contributed by atoms with Gasteiger partial charge < -0.3 is 14.2 Å². The van der Waals surface area contributed by atoms with Gasteiger partial charge in [0.25, 0.3) is 0 Å². The molecular formula is C18H20O5S. The summed E-state index contributed by atoms with van der Waals surface area (Å²) in [7, 11) is 0. The molecule has 1 aromatic rings. The molecule has 128 valence electrons. The Morgan fingerprint density at radius 3 is 2.62 bits per heavy atom. The number of ether oxygens (including phenoxy) is 3. The standard InChI is InChI=1S/C18H20O5S/c1-13(19)21-12-18-17(22-14(2)20)9-8-15(23-18)10-11-24-16-6-4-3-5-7-16/h3-7,15,17-18H,8-9,12H2,1-2H3/t15-,17-,18+/m0/s1. The summed E-state index contributed by atoms with van der Waals surface area (Å²) in [4.78, 5) is 23.3. The summed E-state index contributed by atoms with van der Waals surface area (Å²) in [6.45, 7) is 2.74. The van der Waals surface area contributed by atoms with Gasteiger partial charge in [-0.3, -0.25) is 9.59 Å². The number of hydrogen-bond acceptors (Lipinski definition) is 6. The summed E-state index contributed by atoms with van der Waals surface area (Å²) in [5.41, 5.74) is 0. The molecule has 1 aromatic carbocycles. The van der Waals surface area contributed by atoms with E-state index in [0.29, 0.717) is 12.8 Å². The van der Waals surface area contributed by atoms with Crippen molar-refractivity contribution >= 4 is 23.7 Å². The van der Waals surface area contributed by atoms with E-state index in [0.717, 1.165) is 4.90 Å². The highest BCUT2D eigenvalue weighted by Crippen LogP contribution is 2.23. The first-order chi connectivity index (χ1) is 11.5. The third-order valence-corrected chi connectivity index (χ3v) is 4.10. The highest BCUT2D eigenvalue weighted by atomic mass is 32.2. The van der Waals surface area contributed by atoms with Gasteiger partial charge in [-0.05, 0) is 42.0 Å². The van der Waals surface area contributed by atoms with Gasteiger partial charge in [-0.2, -0.15) is 0 Å². The van der Waals surface area contributed by atoms with E-state index in [1.807, 2.05) is 30.3 Å². The van der Waals surface area contributed by atoms with Crippen LogP contribution in [-0.2, 0) is 23.8 Å². The molecule has 1 aliphatic rings. The fourth-order valence-electron chi connectivity index (χ4n) is 2.31. The first-order valence-electron chi connectivity index (χ1n) is 7.73. The summed E-state index contributed by atoms with van der Waals surface area (Å²) < 4.78 is 16.1. The van der Waals surface area contributed by atoms with Crippen molar-refractivity contribution < 1.29 is 23.8 Å². The molecule has 0 unspecified atom stereocenters.